The van der Waals surface area contributed by atoms with Gasteiger partial charge in [-0.2, -0.15) is 0 Å². The van der Waals surface area contributed by atoms with E-state index in [1.54, 1.807) is 33.8 Å². The molecule has 2 aromatic heterocycles. The second kappa shape index (κ2) is 9.75. The Morgan fingerprint density at radius 3 is 2.84 bits per heavy atom. The van der Waals surface area contributed by atoms with Crippen molar-refractivity contribution >= 4 is 39.7 Å². The fourth-order valence-electron chi connectivity index (χ4n) is 1.90. The van der Waals surface area contributed by atoms with E-state index in [0.29, 0.717) is 24.8 Å². The van der Waals surface area contributed by atoms with Gasteiger partial charge in [0.05, 0.1) is 6.54 Å². The minimum absolute atomic E-state index is 0.179. The lowest BCUT2D eigenvalue weighted by molar-refractivity contribution is -0.134. The maximum absolute atomic E-state index is 12.3. The number of hydrogen-bond donors (Lipinski definition) is 1. The van der Waals surface area contributed by atoms with Gasteiger partial charge in [0.15, 0.2) is 17.4 Å². The number of thiazole rings is 1. The highest BCUT2D eigenvalue weighted by atomic mass is 32.1. The van der Waals surface area contributed by atoms with Crippen LogP contribution in [0.4, 0.5) is 5.13 Å². The Hall–Kier alpha value is -2.45. The Labute approximate surface area is 154 Å². The third kappa shape index (κ3) is 5.84. The molecule has 0 spiro atoms. The minimum Gasteiger partial charge on any atom is -0.451 e. The molecule has 6 nitrogen and oxygen atoms in total. The van der Waals surface area contributed by atoms with E-state index in [2.05, 4.69) is 23.5 Å². The van der Waals surface area contributed by atoms with Gasteiger partial charge in [0.2, 0.25) is 0 Å². The zero-order valence-corrected chi connectivity index (χ0v) is 15.3. The molecule has 0 radical (unpaired) electrons. The first-order valence-electron chi connectivity index (χ1n) is 7.52. The zero-order chi connectivity index (χ0) is 18.1. The predicted octanol–water partition coefficient (Wildman–Crippen LogP) is 3.17. The van der Waals surface area contributed by atoms with Gasteiger partial charge in [-0.1, -0.05) is 18.2 Å². The summed E-state index contributed by atoms with van der Waals surface area (Å²) in [5.41, 5.74) is 0.179. The fraction of sp³-hybridized carbons (Fsp3) is 0.235. The molecule has 0 fully saturated rings. The first kappa shape index (κ1) is 18.9. The monoisotopic (exact) mass is 377 g/mol. The van der Waals surface area contributed by atoms with Crippen LogP contribution >= 0.6 is 22.7 Å². The molecule has 0 aromatic carbocycles. The summed E-state index contributed by atoms with van der Waals surface area (Å²) in [4.78, 5) is 31.1. The van der Waals surface area contributed by atoms with E-state index in [4.69, 9.17) is 4.74 Å². The third-order valence-electron chi connectivity index (χ3n) is 3.07. The number of carbonyl (C=O) groups is 2. The van der Waals surface area contributed by atoms with Crippen LogP contribution < -0.4 is 5.32 Å². The highest BCUT2D eigenvalue weighted by Gasteiger charge is 2.18. The summed E-state index contributed by atoms with van der Waals surface area (Å²) in [6, 6.07) is 3.88. The van der Waals surface area contributed by atoms with Gasteiger partial charge in [-0.15, -0.1) is 35.8 Å². The molecule has 2 aromatic rings. The average Bonchev–Trinajstić information content (AvgIpc) is 3.29. The second-order valence-electron chi connectivity index (χ2n) is 4.93. The standard InChI is InChI=1S/C17H19N3O3S2/c1-3-7-18-17-19-14(12-25-17)16(22)23-11-15(21)20(8-4-2)10-13-6-5-9-24-13/h3-6,9,12H,1-2,7-8,10-11H2,(H,18,19). The smallest absolute Gasteiger partial charge is 0.358 e. The number of nitrogens with zero attached hydrogens (tertiary/aromatic N) is 2. The number of ether oxygens (including phenoxy) is 1. The molecule has 0 bridgehead atoms. The number of anilines is 1. The molecule has 1 amide bonds. The third-order valence-corrected chi connectivity index (χ3v) is 4.73. The Morgan fingerprint density at radius 2 is 2.16 bits per heavy atom. The van der Waals surface area contributed by atoms with Crippen molar-refractivity contribution in [3.63, 3.8) is 0 Å². The number of rotatable bonds is 10. The zero-order valence-electron chi connectivity index (χ0n) is 13.6. The van der Waals surface area contributed by atoms with Crippen molar-refractivity contribution < 1.29 is 14.3 Å². The molecule has 1 N–H and O–H groups in total. The van der Waals surface area contributed by atoms with Crippen molar-refractivity contribution in [1.82, 2.24) is 9.88 Å². The molecule has 132 valence electrons. The van der Waals surface area contributed by atoms with Gasteiger partial charge in [0, 0.05) is 23.3 Å². The van der Waals surface area contributed by atoms with E-state index in [9.17, 15) is 9.59 Å². The quantitative estimate of drug-likeness (QED) is 0.509. The van der Waals surface area contributed by atoms with Gasteiger partial charge in [-0.3, -0.25) is 4.79 Å². The van der Waals surface area contributed by atoms with Gasteiger partial charge in [0.1, 0.15) is 0 Å². The van der Waals surface area contributed by atoms with E-state index >= 15 is 0 Å². The van der Waals surface area contributed by atoms with Crippen molar-refractivity contribution in [3.05, 3.63) is 58.8 Å². The number of amides is 1. The lowest BCUT2D eigenvalue weighted by Crippen LogP contribution is -2.34. The van der Waals surface area contributed by atoms with Crippen LogP contribution in [-0.4, -0.2) is 41.5 Å². The number of carbonyl (C=O) groups excluding carboxylic acids is 2. The molecular weight excluding hydrogens is 358 g/mol. The SMILES string of the molecule is C=CCNc1nc(C(=O)OCC(=O)N(CC=C)Cc2cccs2)cs1. The number of thiophene rings is 1. The first-order valence-corrected chi connectivity index (χ1v) is 9.28. The normalized spacial score (nSPS) is 10.1. The summed E-state index contributed by atoms with van der Waals surface area (Å²) >= 11 is 2.86. The molecule has 0 aliphatic heterocycles. The summed E-state index contributed by atoms with van der Waals surface area (Å²) in [6.07, 6.45) is 3.34. The van der Waals surface area contributed by atoms with Gasteiger partial charge < -0.3 is 15.0 Å². The predicted molar refractivity (Wildman–Crippen MR) is 101 cm³/mol. The van der Waals surface area contributed by atoms with Crippen LogP contribution in [0.5, 0.6) is 0 Å². The molecule has 2 heterocycles. The van der Waals surface area contributed by atoms with Crippen LogP contribution in [0.3, 0.4) is 0 Å². The number of nitrogens with one attached hydrogen (secondary N) is 1. The molecule has 0 saturated heterocycles. The van der Waals surface area contributed by atoms with E-state index in [1.165, 1.54) is 11.3 Å². The van der Waals surface area contributed by atoms with Crippen LogP contribution in [0.1, 0.15) is 15.4 Å². The Bertz CT molecular complexity index is 725. The molecule has 0 atom stereocenters. The Balaban J connectivity index is 1.87. The largest absolute Gasteiger partial charge is 0.451 e. The van der Waals surface area contributed by atoms with E-state index in [1.807, 2.05) is 17.5 Å². The molecule has 0 aliphatic rings. The summed E-state index contributed by atoms with van der Waals surface area (Å²) in [7, 11) is 0. The lowest BCUT2D eigenvalue weighted by Gasteiger charge is -2.20. The van der Waals surface area contributed by atoms with Crippen molar-refractivity contribution in [1.29, 1.82) is 0 Å². The van der Waals surface area contributed by atoms with E-state index in [-0.39, 0.29) is 18.2 Å². The summed E-state index contributed by atoms with van der Waals surface area (Å²) < 4.78 is 5.09. The van der Waals surface area contributed by atoms with Crippen LogP contribution in [0.2, 0.25) is 0 Å². The highest BCUT2D eigenvalue weighted by molar-refractivity contribution is 7.13. The molecule has 2 rings (SSSR count). The van der Waals surface area contributed by atoms with Crippen molar-refractivity contribution in [3.8, 4) is 0 Å². The number of esters is 1. The molecule has 0 saturated carbocycles. The minimum atomic E-state index is -0.620. The molecule has 8 heteroatoms. The number of aromatic nitrogens is 1. The summed E-state index contributed by atoms with van der Waals surface area (Å²) in [5, 5.41) is 7.13. The maximum Gasteiger partial charge on any atom is 0.358 e. The van der Waals surface area contributed by atoms with Crippen LogP contribution in [0.25, 0.3) is 0 Å². The molecule has 0 unspecified atom stereocenters. The van der Waals surface area contributed by atoms with E-state index in [0.717, 1.165) is 4.88 Å². The topological polar surface area (TPSA) is 71.5 Å². The van der Waals surface area contributed by atoms with Crippen molar-refractivity contribution in [2.24, 2.45) is 0 Å². The second-order valence-corrected chi connectivity index (χ2v) is 6.82. The summed E-state index contributed by atoms with van der Waals surface area (Å²) in [6.45, 7) is 8.34. The maximum atomic E-state index is 12.3. The van der Waals surface area contributed by atoms with Crippen molar-refractivity contribution in [2.45, 2.75) is 6.54 Å². The van der Waals surface area contributed by atoms with Gasteiger partial charge in [-0.05, 0) is 11.4 Å². The fourth-order valence-corrected chi connectivity index (χ4v) is 3.31. The van der Waals surface area contributed by atoms with E-state index < -0.39 is 5.97 Å². The lowest BCUT2D eigenvalue weighted by atomic mass is 10.4. The van der Waals surface area contributed by atoms with Gasteiger partial charge in [0.25, 0.3) is 5.91 Å². The molecular formula is C17H19N3O3S2. The average molecular weight is 377 g/mol. The van der Waals surface area contributed by atoms with Crippen LogP contribution in [0.15, 0.2) is 48.2 Å². The van der Waals surface area contributed by atoms with Gasteiger partial charge in [-0.25, -0.2) is 9.78 Å². The highest BCUT2D eigenvalue weighted by Crippen LogP contribution is 2.16. The number of hydrogen-bond acceptors (Lipinski definition) is 7. The summed E-state index contributed by atoms with van der Waals surface area (Å²) in [5.74, 6) is -0.896. The van der Waals surface area contributed by atoms with Crippen LogP contribution in [-0.2, 0) is 16.1 Å². The Morgan fingerprint density at radius 1 is 1.32 bits per heavy atom. The van der Waals surface area contributed by atoms with Gasteiger partial charge >= 0.3 is 5.97 Å². The Kier molecular flexibility index (Phi) is 7.36. The molecule has 25 heavy (non-hydrogen) atoms. The first-order chi connectivity index (χ1) is 12.1. The van der Waals surface area contributed by atoms with Crippen molar-refractivity contribution in [2.75, 3.05) is 25.0 Å². The molecule has 0 aliphatic carbocycles. The van der Waals surface area contributed by atoms with Crippen LogP contribution in [0, 0.1) is 0 Å².